The van der Waals surface area contributed by atoms with E-state index in [4.69, 9.17) is 23.4 Å². The molecule has 10 unspecified atom stereocenters. The molecule has 0 saturated carbocycles. The van der Waals surface area contributed by atoms with Crippen LogP contribution >= 0.6 is 0 Å². The Bertz CT molecular complexity index is 1560. The van der Waals surface area contributed by atoms with Gasteiger partial charge in [0.05, 0.1) is 13.2 Å². The Hall–Kier alpha value is -3.75. The van der Waals surface area contributed by atoms with E-state index in [-0.39, 0.29) is 16.9 Å². The number of aliphatic hydroxyl groups is 7. The fourth-order valence-corrected chi connectivity index (χ4v) is 4.95. The van der Waals surface area contributed by atoms with Crippen molar-refractivity contribution in [1.29, 1.82) is 0 Å². The van der Waals surface area contributed by atoms with E-state index >= 15 is 0 Å². The number of phenolic OH excluding ortho intramolecular Hbond substituents is 4. The molecule has 0 spiro atoms. The van der Waals surface area contributed by atoms with E-state index in [0.717, 1.165) is 24.3 Å². The number of fused-ring (bicyclic) bond motifs is 1. The minimum Gasteiger partial charge on any atom is -0.504 e. The molecule has 2 aliphatic rings. The van der Waals surface area contributed by atoms with Crippen molar-refractivity contribution >= 4 is 11.0 Å². The summed E-state index contributed by atoms with van der Waals surface area (Å²) in [7, 11) is 0. The first kappa shape index (κ1) is 31.7. The lowest BCUT2D eigenvalue weighted by Crippen LogP contribution is -2.65. The summed E-state index contributed by atoms with van der Waals surface area (Å²) in [6.07, 6.45) is -17.8. The van der Waals surface area contributed by atoms with E-state index in [1.807, 2.05) is 0 Å². The van der Waals surface area contributed by atoms with Gasteiger partial charge in [0.25, 0.3) is 0 Å². The molecular weight excluding hydrogens is 596 g/mol. The number of phenols is 4. The first-order valence-corrected chi connectivity index (χ1v) is 13.2. The van der Waals surface area contributed by atoms with Gasteiger partial charge < -0.3 is 79.5 Å². The van der Waals surface area contributed by atoms with Crippen molar-refractivity contribution in [3.8, 4) is 40.1 Å². The first-order chi connectivity index (χ1) is 20.9. The van der Waals surface area contributed by atoms with Crippen LogP contribution in [0.15, 0.2) is 39.5 Å². The lowest BCUT2D eigenvalue weighted by Gasteiger charge is -2.45. The summed E-state index contributed by atoms with van der Waals surface area (Å²) < 4.78 is 27.5. The summed E-state index contributed by atoms with van der Waals surface area (Å²) in [4.78, 5) is 13.0. The Morgan fingerprint density at radius 1 is 0.705 bits per heavy atom. The summed E-state index contributed by atoms with van der Waals surface area (Å²) in [5.41, 5.74) is -0.992. The van der Waals surface area contributed by atoms with Gasteiger partial charge in [0.1, 0.15) is 59.5 Å². The van der Waals surface area contributed by atoms with Crippen LogP contribution in [-0.4, -0.2) is 131 Å². The highest BCUT2D eigenvalue weighted by atomic mass is 16.8. The quantitative estimate of drug-likeness (QED) is 0.119. The van der Waals surface area contributed by atoms with E-state index in [1.54, 1.807) is 0 Å². The molecular formula is C27H30O17. The molecule has 240 valence electrons. The predicted molar refractivity (Wildman–Crippen MR) is 142 cm³/mol. The van der Waals surface area contributed by atoms with Crippen molar-refractivity contribution in [2.45, 2.75) is 61.4 Å². The standard InChI is InChI=1S/C27H30O17/c28-6-15-18(34)21(37)23(39)26(41-15)44-25-22(38)19(35)16(7-29)42-27(25)43-24-12(33)5-14-17(20(24)36)11(32)4-13(40-14)8-1-2-9(30)10(31)3-8/h1-5,15-16,18-19,21-23,25-31,33-39H,6-7H2. The number of benzene rings is 2. The molecule has 2 aromatic carbocycles. The third-order valence-corrected chi connectivity index (χ3v) is 7.39. The summed E-state index contributed by atoms with van der Waals surface area (Å²) >= 11 is 0. The van der Waals surface area contributed by atoms with Gasteiger partial charge in [-0.1, -0.05) is 0 Å². The second-order valence-electron chi connectivity index (χ2n) is 10.2. The molecule has 0 aliphatic carbocycles. The average Bonchev–Trinajstić information content (AvgIpc) is 2.99. The third kappa shape index (κ3) is 5.61. The molecule has 17 heteroatoms. The van der Waals surface area contributed by atoms with Crippen molar-refractivity contribution in [1.82, 2.24) is 0 Å². The highest BCUT2D eigenvalue weighted by molar-refractivity contribution is 5.89. The zero-order valence-corrected chi connectivity index (χ0v) is 22.4. The lowest BCUT2D eigenvalue weighted by molar-refractivity contribution is -0.358. The third-order valence-electron chi connectivity index (χ3n) is 7.39. The molecule has 3 heterocycles. The van der Waals surface area contributed by atoms with Gasteiger partial charge in [-0.2, -0.15) is 0 Å². The van der Waals surface area contributed by atoms with Crippen molar-refractivity contribution in [3.63, 3.8) is 0 Å². The Balaban J connectivity index is 1.50. The van der Waals surface area contributed by atoms with Gasteiger partial charge in [-0.15, -0.1) is 0 Å². The maximum Gasteiger partial charge on any atom is 0.230 e. The minimum atomic E-state index is -1.95. The number of aliphatic hydroxyl groups excluding tert-OH is 7. The Morgan fingerprint density at radius 3 is 1.98 bits per heavy atom. The van der Waals surface area contributed by atoms with Gasteiger partial charge in [-0.3, -0.25) is 4.79 Å². The summed E-state index contributed by atoms with van der Waals surface area (Å²) in [6.45, 7) is -1.65. The van der Waals surface area contributed by atoms with Crippen LogP contribution in [-0.2, 0) is 14.2 Å². The van der Waals surface area contributed by atoms with E-state index in [1.165, 1.54) is 6.07 Å². The zero-order chi connectivity index (χ0) is 32.0. The fraction of sp³-hybridized carbons (Fsp3) is 0.444. The van der Waals surface area contributed by atoms with E-state index < -0.39 is 114 Å². The Labute approximate surface area is 246 Å². The molecule has 3 aromatic rings. The van der Waals surface area contributed by atoms with Crippen LogP contribution in [0.2, 0.25) is 0 Å². The second-order valence-corrected chi connectivity index (χ2v) is 10.2. The van der Waals surface area contributed by atoms with Crippen LogP contribution in [0.3, 0.4) is 0 Å². The monoisotopic (exact) mass is 626 g/mol. The van der Waals surface area contributed by atoms with Gasteiger partial charge in [0, 0.05) is 17.7 Å². The van der Waals surface area contributed by atoms with E-state index in [0.29, 0.717) is 0 Å². The summed E-state index contributed by atoms with van der Waals surface area (Å²) in [6, 6.07) is 5.46. The Morgan fingerprint density at radius 2 is 1.34 bits per heavy atom. The molecule has 0 radical (unpaired) electrons. The van der Waals surface area contributed by atoms with Crippen LogP contribution in [0.25, 0.3) is 22.3 Å². The van der Waals surface area contributed by atoms with Gasteiger partial charge in [0.15, 0.2) is 40.8 Å². The summed E-state index contributed by atoms with van der Waals surface area (Å²) in [5, 5.41) is 111. The predicted octanol–water partition coefficient (Wildman–Crippen LogP) is -2.71. The molecule has 11 N–H and O–H groups in total. The highest BCUT2D eigenvalue weighted by Gasteiger charge is 2.51. The van der Waals surface area contributed by atoms with Crippen LogP contribution in [0.1, 0.15) is 0 Å². The van der Waals surface area contributed by atoms with Crippen LogP contribution in [0.4, 0.5) is 0 Å². The largest absolute Gasteiger partial charge is 0.504 e. The molecule has 17 nitrogen and oxygen atoms in total. The summed E-state index contributed by atoms with van der Waals surface area (Å²) in [5.74, 6) is -3.58. The molecule has 2 fully saturated rings. The van der Waals surface area contributed by atoms with Crippen LogP contribution < -0.4 is 10.2 Å². The molecule has 0 bridgehead atoms. The normalized spacial score (nSPS) is 32.5. The van der Waals surface area contributed by atoms with Gasteiger partial charge in [-0.05, 0) is 18.2 Å². The van der Waals surface area contributed by atoms with E-state index in [9.17, 15) is 61.0 Å². The molecule has 2 saturated heterocycles. The number of ether oxygens (including phenoxy) is 4. The van der Waals surface area contributed by atoms with Crippen molar-refractivity contribution in [2.75, 3.05) is 13.2 Å². The van der Waals surface area contributed by atoms with Gasteiger partial charge >= 0.3 is 0 Å². The smallest absolute Gasteiger partial charge is 0.230 e. The van der Waals surface area contributed by atoms with Crippen molar-refractivity contribution < 1.29 is 79.5 Å². The maximum atomic E-state index is 13.0. The van der Waals surface area contributed by atoms with Crippen LogP contribution in [0.5, 0.6) is 28.7 Å². The molecule has 2 aliphatic heterocycles. The second kappa shape index (κ2) is 12.3. The Kier molecular flexibility index (Phi) is 8.87. The molecule has 5 rings (SSSR count). The number of rotatable bonds is 7. The topological polar surface area (TPSA) is 290 Å². The van der Waals surface area contributed by atoms with Crippen molar-refractivity contribution in [2.24, 2.45) is 0 Å². The molecule has 10 atom stereocenters. The highest BCUT2D eigenvalue weighted by Crippen LogP contribution is 2.44. The number of hydrogen-bond acceptors (Lipinski definition) is 17. The van der Waals surface area contributed by atoms with Crippen LogP contribution in [0, 0.1) is 0 Å². The van der Waals surface area contributed by atoms with Crippen molar-refractivity contribution in [3.05, 3.63) is 40.6 Å². The minimum absolute atomic E-state index is 0.100. The lowest BCUT2D eigenvalue weighted by atomic mass is 9.97. The number of hydrogen-bond donors (Lipinski definition) is 11. The fourth-order valence-electron chi connectivity index (χ4n) is 4.95. The zero-order valence-electron chi connectivity index (χ0n) is 22.4. The SMILES string of the molecule is O=c1cc(-c2ccc(O)c(O)c2)oc2cc(O)c(OC3OC(CO)C(O)C(O)C3OC3OC(CO)C(O)C(O)C3O)c(O)c12. The number of aromatic hydroxyl groups is 4. The average molecular weight is 627 g/mol. The molecule has 0 amide bonds. The molecule has 1 aromatic heterocycles. The molecule has 44 heavy (non-hydrogen) atoms. The first-order valence-electron chi connectivity index (χ1n) is 13.2. The maximum absolute atomic E-state index is 13.0. The van der Waals surface area contributed by atoms with Gasteiger partial charge in [-0.25, -0.2) is 0 Å². The van der Waals surface area contributed by atoms with Gasteiger partial charge in [0.2, 0.25) is 12.0 Å². The van der Waals surface area contributed by atoms with E-state index in [2.05, 4.69) is 0 Å².